The van der Waals surface area contributed by atoms with E-state index >= 15 is 0 Å². The van der Waals surface area contributed by atoms with E-state index in [1.807, 2.05) is 13.0 Å². The number of nitrogens with two attached hydrogens (primary N) is 1. The minimum Gasteiger partial charge on any atom is -0.495 e. The quantitative estimate of drug-likeness (QED) is 0.852. The number of methoxy groups -OCH3 is 1. The molecule has 3 N–H and O–H groups in total. The van der Waals surface area contributed by atoms with Crippen molar-refractivity contribution < 1.29 is 13.9 Å². The lowest BCUT2D eigenvalue weighted by molar-refractivity contribution is -0.117. The number of nitrogens with zero attached hydrogens (tertiary/aromatic N) is 1. The second-order valence-electron chi connectivity index (χ2n) is 4.67. The smallest absolute Gasteiger partial charge is 0.241 e. The van der Waals surface area contributed by atoms with Gasteiger partial charge in [-0.3, -0.25) is 4.79 Å². The van der Waals surface area contributed by atoms with Crippen molar-refractivity contribution in [1.82, 2.24) is 4.98 Å². The van der Waals surface area contributed by atoms with E-state index in [1.165, 1.54) is 6.39 Å². The molecular weight excluding hydrogens is 270 g/mol. The average Bonchev–Trinajstić information content (AvgIpc) is 3.02. The van der Waals surface area contributed by atoms with Crippen LogP contribution < -0.4 is 15.8 Å². The molecule has 0 aliphatic heterocycles. The first-order valence-electron chi connectivity index (χ1n) is 6.79. The summed E-state index contributed by atoms with van der Waals surface area (Å²) in [5, 5.41) is 2.78. The molecular formula is C15H19N3O3. The molecule has 1 heterocycles. The van der Waals surface area contributed by atoms with E-state index in [0.717, 1.165) is 12.0 Å². The highest BCUT2D eigenvalue weighted by atomic mass is 16.5. The van der Waals surface area contributed by atoms with Gasteiger partial charge in [0, 0.05) is 5.56 Å². The van der Waals surface area contributed by atoms with Gasteiger partial charge >= 0.3 is 0 Å². The number of carbonyl (C=O) groups is 1. The van der Waals surface area contributed by atoms with Gasteiger partial charge in [-0.15, -0.1) is 0 Å². The van der Waals surface area contributed by atoms with Crippen molar-refractivity contribution in [3.8, 4) is 17.1 Å². The Balaban J connectivity index is 2.19. The van der Waals surface area contributed by atoms with E-state index < -0.39 is 6.04 Å². The zero-order chi connectivity index (χ0) is 15.2. The van der Waals surface area contributed by atoms with E-state index in [4.69, 9.17) is 14.9 Å². The van der Waals surface area contributed by atoms with E-state index in [-0.39, 0.29) is 5.91 Å². The number of hydrogen-bond acceptors (Lipinski definition) is 5. The minimum absolute atomic E-state index is 0.220. The first-order valence-corrected chi connectivity index (χ1v) is 6.79. The van der Waals surface area contributed by atoms with Crippen LogP contribution in [0.25, 0.3) is 11.3 Å². The molecule has 0 spiro atoms. The number of amides is 1. The van der Waals surface area contributed by atoms with Crippen LogP contribution in [0.15, 0.2) is 35.2 Å². The summed E-state index contributed by atoms with van der Waals surface area (Å²) in [6, 6.07) is 4.84. The van der Waals surface area contributed by atoms with Gasteiger partial charge in [-0.1, -0.05) is 13.3 Å². The summed E-state index contributed by atoms with van der Waals surface area (Å²) in [6.45, 7) is 1.99. The Morgan fingerprint density at radius 2 is 2.33 bits per heavy atom. The predicted molar refractivity (Wildman–Crippen MR) is 80.0 cm³/mol. The van der Waals surface area contributed by atoms with E-state index in [0.29, 0.717) is 23.6 Å². The normalized spacial score (nSPS) is 12.0. The van der Waals surface area contributed by atoms with Crippen molar-refractivity contribution in [1.29, 1.82) is 0 Å². The maximum Gasteiger partial charge on any atom is 0.241 e. The Morgan fingerprint density at radius 1 is 1.52 bits per heavy atom. The Morgan fingerprint density at radius 3 is 2.95 bits per heavy atom. The van der Waals surface area contributed by atoms with Crippen LogP contribution in [-0.4, -0.2) is 24.0 Å². The molecule has 21 heavy (non-hydrogen) atoms. The lowest BCUT2D eigenvalue weighted by Gasteiger charge is -2.14. The molecule has 6 heteroatoms. The average molecular weight is 289 g/mol. The summed E-state index contributed by atoms with van der Waals surface area (Å²) in [5.41, 5.74) is 7.20. The van der Waals surface area contributed by atoms with Gasteiger partial charge in [0.25, 0.3) is 0 Å². The van der Waals surface area contributed by atoms with Gasteiger partial charge in [0.05, 0.1) is 25.0 Å². The van der Waals surface area contributed by atoms with Gasteiger partial charge in [-0.25, -0.2) is 4.98 Å². The van der Waals surface area contributed by atoms with Crippen LogP contribution in [0.4, 0.5) is 5.69 Å². The van der Waals surface area contributed by atoms with Gasteiger partial charge in [0.15, 0.2) is 12.2 Å². The summed E-state index contributed by atoms with van der Waals surface area (Å²) in [6.07, 6.45) is 4.48. The second kappa shape index (κ2) is 6.90. The lowest BCUT2D eigenvalue weighted by atomic mass is 10.1. The van der Waals surface area contributed by atoms with Crippen molar-refractivity contribution in [3.63, 3.8) is 0 Å². The Labute approximate surface area is 123 Å². The third kappa shape index (κ3) is 3.61. The first-order chi connectivity index (χ1) is 10.2. The number of carbonyl (C=O) groups excluding carboxylic acids is 1. The highest BCUT2D eigenvalue weighted by Gasteiger charge is 2.15. The SMILES string of the molecule is CCC[C@H](N)C(=O)Nc1ccc(-c2cnco2)cc1OC. The van der Waals surface area contributed by atoms with E-state index in [1.54, 1.807) is 25.4 Å². The predicted octanol–water partition coefficient (Wildman–Crippen LogP) is 2.42. The zero-order valence-corrected chi connectivity index (χ0v) is 12.1. The maximum atomic E-state index is 12.0. The fourth-order valence-corrected chi connectivity index (χ4v) is 1.97. The van der Waals surface area contributed by atoms with Gasteiger partial charge in [0.1, 0.15) is 5.75 Å². The molecule has 0 saturated heterocycles. The van der Waals surface area contributed by atoms with Crippen LogP contribution in [-0.2, 0) is 4.79 Å². The molecule has 0 unspecified atom stereocenters. The molecule has 0 radical (unpaired) electrons. The Hall–Kier alpha value is -2.34. The van der Waals surface area contributed by atoms with Crippen molar-refractivity contribution in [2.75, 3.05) is 12.4 Å². The fraction of sp³-hybridized carbons (Fsp3) is 0.333. The number of anilines is 1. The van der Waals surface area contributed by atoms with Crippen LogP contribution in [0.2, 0.25) is 0 Å². The molecule has 112 valence electrons. The largest absolute Gasteiger partial charge is 0.495 e. The van der Waals surface area contributed by atoms with Gasteiger partial charge < -0.3 is 20.2 Å². The number of oxazole rings is 1. The third-order valence-corrected chi connectivity index (χ3v) is 3.11. The third-order valence-electron chi connectivity index (χ3n) is 3.11. The van der Waals surface area contributed by atoms with Crippen molar-refractivity contribution in [2.24, 2.45) is 5.73 Å². The zero-order valence-electron chi connectivity index (χ0n) is 12.1. The van der Waals surface area contributed by atoms with Crippen LogP contribution in [0.5, 0.6) is 5.75 Å². The van der Waals surface area contributed by atoms with Crippen LogP contribution in [0, 0.1) is 0 Å². The highest BCUT2D eigenvalue weighted by Crippen LogP contribution is 2.30. The second-order valence-corrected chi connectivity index (χ2v) is 4.67. The summed E-state index contributed by atoms with van der Waals surface area (Å²) < 4.78 is 10.5. The lowest BCUT2D eigenvalue weighted by Crippen LogP contribution is -2.35. The summed E-state index contributed by atoms with van der Waals surface area (Å²) in [7, 11) is 1.54. The Kier molecular flexibility index (Phi) is 4.94. The number of nitrogens with one attached hydrogen (secondary N) is 1. The van der Waals surface area contributed by atoms with Crippen molar-refractivity contribution in [3.05, 3.63) is 30.8 Å². The molecule has 0 aliphatic carbocycles. The van der Waals surface area contributed by atoms with Gasteiger partial charge in [-0.05, 0) is 24.6 Å². The summed E-state index contributed by atoms with van der Waals surface area (Å²) in [5.74, 6) is 0.956. The molecule has 2 aromatic rings. The van der Waals surface area contributed by atoms with Crippen LogP contribution in [0.3, 0.4) is 0 Å². The van der Waals surface area contributed by atoms with E-state index in [2.05, 4.69) is 10.3 Å². The van der Waals surface area contributed by atoms with Crippen molar-refractivity contribution in [2.45, 2.75) is 25.8 Å². The molecule has 1 aromatic heterocycles. The van der Waals surface area contributed by atoms with Gasteiger partial charge in [-0.2, -0.15) is 0 Å². The molecule has 1 aromatic carbocycles. The maximum absolute atomic E-state index is 12.0. The molecule has 2 rings (SSSR count). The Bertz CT molecular complexity index is 596. The molecule has 6 nitrogen and oxygen atoms in total. The number of benzene rings is 1. The molecule has 0 fully saturated rings. The molecule has 1 atom stereocenters. The number of rotatable bonds is 6. The monoisotopic (exact) mass is 289 g/mol. The molecule has 0 bridgehead atoms. The number of hydrogen-bond donors (Lipinski definition) is 2. The first kappa shape index (κ1) is 15.1. The highest BCUT2D eigenvalue weighted by molar-refractivity contribution is 5.96. The minimum atomic E-state index is -0.520. The van der Waals surface area contributed by atoms with Crippen molar-refractivity contribution >= 4 is 11.6 Å². The molecule has 0 saturated carbocycles. The van der Waals surface area contributed by atoms with Crippen LogP contribution >= 0.6 is 0 Å². The summed E-state index contributed by atoms with van der Waals surface area (Å²) >= 11 is 0. The number of aromatic nitrogens is 1. The fourth-order valence-electron chi connectivity index (χ4n) is 1.97. The van der Waals surface area contributed by atoms with Gasteiger partial charge in [0.2, 0.25) is 5.91 Å². The van der Waals surface area contributed by atoms with E-state index in [9.17, 15) is 4.79 Å². The summed E-state index contributed by atoms with van der Waals surface area (Å²) in [4.78, 5) is 15.8. The topological polar surface area (TPSA) is 90.4 Å². The molecule has 1 amide bonds. The molecule has 0 aliphatic rings. The standard InChI is InChI=1S/C15H19N3O3/c1-3-4-11(16)15(19)18-12-6-5-10(7-13(12)20-2)14-8-17-9-21-14/h5-9,11H,3-4,16H2,1-2H3,(H,18,19)/t11-/m0/s1. The number of ether oxygens (including phenoxy) is 1. The van der Waals surface area contributed by atoms with Crippen LogP contribution in [0.1, 0.15) is 19.8 Å².